The maximum atomic E-state index is 11.9. The van der Waals surface area contributed by atoms with Gasteiger partial charge in [0.2, 0.25) is 0 Å². The van der Waals surface area contributed by atoms with Gasteiger partial charge in [-0.05, 0) is 27.7 Å². The Morgan fingerprint density at radius 1 is 1.38 bits per heavy atom. The summed E-state index contributed by atoms with van der Waals surface area (Å²) in [6, 6.07) is 0.0242. The number of carbonyl (C=O) groups is 1. The molecule has 0 spiro atoms. The van der Waals surface area contributed by atoms with E-state index in [1.165, 1.54) is 0 Å². The minimum absolute atomic E-state index is 0.0875. The Hall–Kier alpha value is -1.89. The van der Waals surface area contributed by atoms with Gasteiger partial charge in [-0.1, -0.05) is 0 Å². The number of nitrogens with one attached hydrogen (secondary N) is 2. The normalized spacial score (nSPS) is 12.4. The molecule has 0 saturated heterocycles. The Kier molecular flexibility index (Phi) is 4.95. The Morgan fingerprint density at radius 3 is 2.71 bits per heavy atom. The molecule has 0 saturated carbocycles. The molecule has 2 rings (SSSR count). The molecule has 0 radical (unpaired) electrons. The first-order chi connectivity index (χ1) is 9.95. The van der Waals surface area contributed by atoms with Gasteiger partial charge in [-0.25, -0.2) is 9.78 Å². The highest BCUT2D eigenvalue weighted by Gasteiger charge is 2.12. The Labute approximate surface area is 128 Å². The monoisotopic (exact) mass is 307 g/mol. The van der Waals surface area contributed by atoms with E-state index in [-0.39, 0.29) is 12.1 Å². The fourth-order valence-electron chi connectivity index (χ4n) is 1.83. The molecule has 0 aliphatic carbocycles. The molecule has 114 valence electrons. The van der Waals surface area contributed by atoms with Crippen LogP contribution in [0.2, 0.25) is 0 Å². The summed E-state index contributed by atoms with van der Waals surface area (Å²) in [5.41, 5.74) is 0.990. The van der Waals surface area contributed by atoms with Crippen LogP contribution in [-0.4, -0.2) is 20.8 Å². The quantitative estimate of drug-likeness (QED) is 0.892. The predicted octanol–water partition coefficient (Wildman–Crippen LogP) is 2.79. The van der Waals surface area contributed by atoms with Gasteiger partial charge in [0.1, 0.15) is 5.01 Å². The number of hydrogen-bond acceptors (Lipinski definition) is 4. The van der Waals surface area contributed by atoms with Crippen LogP contribution in [0.4, 0.5) is 4.79 Å². The van der Waals surface area contributed by atoms with Gasteiger partial charge in [0.25, 0.3) is 0 Å². The molecule has 0 unspecified atom stereocenters. The van der Waals surface area contributed by atoms with Crippen molar-refractivity contribution >= 4 is 17.4 Å². The predicted molar refractivity (Wildman–Crippen MR) is 83.2 cm³/mol. The van der Waals surface area contributed by atoms with E-state index < -0.39 is 0 Å². The summed E-state index contributed by atoms with van der Waals surface area (Å²) in [6.07, 6.45) is 5.55. The lowest BCUT2D eigenvalue weighted by molar-refractivity contribution is 0.237. The van der Waals surface area contributed by atoms with Crippen LogP contribution in [0.5, 0.6) is 0 Å². The second-order valence-electron chi connectivity index (χ2n) is 5.26. The van der Waals surface area contributed by atoms with E-state index in [2.05, 4.69) is 34.6 Å². The van der Waals surface area contributed by atoms with Crippen LogP contribution in [-0.2, 0) is 6.54 Å². The molecule has 21 heavy (non-hydrogen) atoms. The van der Waals surface area contributed by atoms with Crippen LogP contribution >= 0.6 is 11.3 Å². The fraction of sp³-hybridized carbons (Fsp3) is 0.500. The molecule has 2 aromatic rings. The summed E-state index contributed by atoms with van der Waals surface area (Å²) in [6.45, 7) is 8.52. The number of carbonyl (C=O) groups excluding carboxylic acids is 1. The van der Waals surface area contributed by atoms with Gasteiger partial charge in [0.05, 0.1) is 18.8 Å². The third-order valence-corrected chi connectivity index (χ3v) is 3.98. The average Bonchev–Trinajstić information content (AvgIpc) is 3.05. The SMILES string of the molecule is Cc1cnc(CNC(=O)N[C@H](C)c2cnn(C(C)C)c2)s1. The topological polar surface area (TPSA) is 71.8 Å². The van der Waals surface area contributed by atoms with Gasteiger partial charge in [-0.15, -0.1) is 11.3 Å². The van der Waals surface area contributed by atoms with E-state index in [1.807, 2.05) is 30.9 Å². The zero-order chi connectivity index (χ0) is 15.4. The largest absolute Gasteiger partial charge is 0.332 e. The first-order valence-corrected chi connectivity index (χ1v) is 7.77. The van der Waals surface area contributed by atoms with E-state index in [9.17, 15) is 4.79 Å². The van der Waals surface area contributed by atoms with Crippen molar-refractivity contribution in [2.45, 2.75) is 46.3 Å². The Balaban J connectivity index is 1.83. The molecule has 0 aliphatic heterocycles. The lowest BCUT2D eigenvalue weighted by atomic mass is 10.2. The first kappa shape index (κ1) is 15.5. The van der Waals surface area contributed by atoms with E-state index >= 15 is 0 Å². The number of amides is 2. The van der Waals surface area contributed by atoms with Crippen LogP contribution in [0.15, 0.2) is 18.6 Å². The molecule has 2 amide bonds. The summed E-state index contributed by atoms with van der Waals surface area (Å²) in [7, 11) is 0. The summed E-state index contributed by atoms with van der Waals surface area (Å²) in [5.74, 6) is 0. The molecule has 0 aliphatic rings. The summed E-state index contributed by atoms with van der Waals surface area (Å²) >= 11 is 1.58. The van der Waals surface area contributed by atoms with E-state index in [0.717, 1.165) is 15.4 Å². The average molecular weight is 307 g/mol. The molecular formula is C14H21N5OS. The first-order valence-electron chi connectivity index (χ1n) is 6.95. The number of nitrogens with zero attached hydrogens (tertiary/aromatic N) is 3. The van der Waals surface area contributed by atoms with Gasteiger partial charge in [0, 0.05) is 28.9 Å². The second-order valence-corrected chi connectivity index (χ2v) is 6.58. The Bertz CT molecular complexity index is 604. The van der Waals surface area contributed by atoms with Crippen molar-refractivity contribution in [1.82, 2.24) is 25.4 Å². The molecule has 0 aromatic carbocycles. The van der Waals surface area contributed by atoms with Gasteiger partial charge < -0.3 is 10.6 Å². The minimum Gasteiger partial charge on any atom is -0.332 e. The van der Waals surface area contributed by atoms with Crippen molar-refractivity contribution in [1.29, 1.82) is 0 Å². The van der Waals surface area contributed by atoms with Crippen LogP contribution in [0.1, 0.15) is 48.3 Å². The molecule has 0 fully saturated rings. The van der Waals surface area contributed by atoms with Crippen LogP contribution in [0, 0.1) is 6.92 Å². The van der Waals surface area contributed by atoms with Crippen molar-refractivity contribution in [2.75, 3.05) is 0 Å². The maximum absolute atomic E-state index is 11.9. The van der Waals surface area contributed by atoms with E-state index in [0.29, 0.717) is 12.6 Å². The van der Waals surface area contributed by atoms with Crippen molar-refractivity contribution in [3.63, 3.8) is 0 Å². The zero-order valence-corrected chi connectivity index (χ0v) is 13.6. The van der Waals surface area contributed by atoms with Crippen molar-refractivity contribution in [3.05, 3.63) is 34.0 Å². The van der Waals surface area contributed by atoms with Crippen LogP contribution < -0.4 is 10.6 Å². The number of rotatable bonds is 5. The van der Waals surface area contributed by atoms with Gasteiger partial charge in [-0.3, -0.25) is 4.68 Å². The van der Waals surface area contributed by atoms with Gasteiger partial charge in [0.15, 0.2) is 0 Å². The molecule has 6 nitrogen and oxygen atoms in total. The summed E-state index contributed by atoms with van der Waals surface area (Å²) < 4.78 is 1.88. The van der Waals surface area contributed by atoms with Crippen molar-refractivity contribution in [2.24, 2.45) is 0 Å². The van der Waals surface area contributed by atoms with Gasteiger partial charge >= 0.3 is 6.03 Å². The Morgan fingerprint density at radius 2 is 2.14 bits per heavy atom. The molecule has 1 atom stereocenters. The van der Waals surface area contributed by atoms with E-state index in [4.69, 9.17) is 0 Å². The van der Waals surface area contributed by atoms with E-state index in [1.54, 1.807) is 17.5 Å². The fourth-order valence-corrected chi connectivity index (χ4v) is 2.56. The lowest BCUT2D eigenvalue weighted by Crippen LogP contribution is -2.36. The molecule has 2 N–H and O–H groups in total. The van der Waals surface area contributed by atoms with Crippen LogP contribution in [0.25, 0.3) is 0 Å². The lowest BCUT2D eigenvalue weighted by Gasteiger charge is -2.12. The smallest absolute Gasteiger partial charge is 0.315 e. The van der Waals surface area contributed by atoms with Gasteiger partial charge in [-0.2, -0.15) is 5.10 Å². The standard InChI is InChI=1S/C14H21N5OS/c1-9(2)19-8-12(6-17-19)11(4)18-14(20)16-7-13-15-5-10(3)21-13/h5-6,8-9,11H,7H2,1-4H3,(H2,16,18,20)/t11-/m1/s1. The molecule has 2 heterocycles. The maximum Gasteiger partial charge on any atom is 0.315 e. The number of aromatic nitrogens is 3. The second kappa shape index (κ2) is 6.71. The number of hydrogen-bond donors (Lipinski definition) is 2. The van der Waals surface area contributed by atoms with Crippen LogP contribution in [0.3, 0.4) is 0 Å². The minimum atomic E-state index is -0.201. The highest BCUT2D eigenvalue weighted by Crippen LogP contribution is 2.14. The molecule has 0 bridgehead atoms. The highest BCUT2D eigenvalue weighted by molar-refractivity contribution is 7.11. The molecule has 2 aromatic heterocycles. The van der Waals surface area contributed by atoms with Crippen molar-refractivity contribution in [3.8, 4) is 0 Å². The third-order valence-electron chi connectivity index (χ3n) is 3.07. The summed E-state index contributed by atoms with van der Waals surface area (Å²) in [5, 5.41) is 10.9. The highest BCUT2D eigenvalue weighted by atomic mass is 32.1. The summed E-state index contributed by atoms with van der Waals surface area (Å²) in [4.78, 5) is 17.2. The van der Waals surface area contributed by atoms with Crippen molar-refractivity contribution < 1.29 is 4.79 Å². The third kappa shape index (κ3) is 4.29. The number of aryl methyl sites for hydroxylation is 1. The zero-order valence-electron chi connectivity index (χ0n) is 12.8. The number of thiazole rings is 1. The molecular weight excluding hydrogens is 286 g/mol. The molecule has 7 heteroatoms. The number of urea groups is 1.